The Balaban J connectivity index is 1.12. The van der Waals surface area contributed by atoms with Gasteiger partial charge in [0.2, 0.25) is 0 Å². The van der Waals surface area contributed by atoms with Crippen molar-refractivity contribution in [3.05, 3.63) is 64.2 Å². The molecule has 206 valence electrons. The average molecular weight is 519 g/mol. The van der Waals surface area contributed by atoms with Gasteiger partial charge in [0, 0.05) is 38.3 Å². The minimum atomic E-state index is 0.217. The molecule has 2 unspecified atom stereocenters. The normalized spacial score (nSPS) is 22.2. The van der Waals surface area contributed by atoms with Crippen LogP contribution in [0.3, 0.4) is 0 Å². The fourth-order valence-corrected chi connectivity index (χ4v) is 6.64. The maximum atomic E-state index is 13.3. The fourth-order valence-electron chi connectivity index (χ4n) is 6.64. The van der Waals surface area contributed by atoms with Crippen molar-refractivity contribution in [2.24, 2.45) is 11.8 Å². The molecule has 0 aromatic heterocycles. The number of amides is 1. The number of aryl methyl sites for hydroxylation is 4. The van der Waals surface area contributed by atoms with Gasteiger partial charge in [-0.05, 0) is 99.7 Å². The van der Waals surface area contributed by atoms with Gasteiger partial charge in [-0.15, -0.1) is 5.59 Å². The van der Waals surface area contributed by atoms with Gasteiger partial charge < -0.3 is 9.80 Å². The number of benzene rings is 2. The fraction of sp³-hybridized carbons (Fsp3) is 0.594. The number of hydrazine groups is 1. The predicted molar refractivity (Wildman–Crippen MR) is 154 cm³/mol. The van der Waals surface area contributed by atoms with Crippen LogP contribution in [0.25, 0.3) is 0 Å². The molecule has 2 aromatic carbocycles. The summed E-state index contributed by atoms with van der Waals surface area (Å²) in [5.41, 5.74) is 10.2. The van der Waals surface area contributed by atoms with Gasteiger partial charge in [-0.25, -0.2) is 0 Å². The number of rotatable bonds is 9. The van der Waals surface area contributed by atoms with Gasteiger partial charge in [-0.1, -0.05) is 43.5 Å². The van der Waals surface area contributed by atoms with Gasteiger partial charge in [-0.3, -0.25) is 14.6 Å². The van der Waals surface area contributed by atoms with Gasteiger partial charge >= 0.3 is 0 Å². The molecule has 2 aliphatic heterocycles. The van der Waals surface area contributed by atoms with E-state index in [-0.39, 0.29) is 5.91 Å². The van der Waals surface area contributed by atoms with Crippen molar-refractivity contribution in [1.29, 1.82) is 0 Å². The smallest absolute Gasteiger partial charge is 0.254 e. The third-order valence-corrected chi connectivity index (χ3v) is 9.08. The Morgan fingerprint density at radius 1 is 0.895 bits per heavy atom. The number of carbonyl (C=O) groups is 1. The standard InChI is InChI=1S/C32H46N4O2/c1-23-14-15-29(18-26(23)4)36(33-38-30-12-6-5-7-13-30)17-9-16-34-19-27-21-35(22-28(27)20-34)32(37)31-24(2)10-8-11-25(31)3/h8,10-11,14-15,18,27-28,30,33H,5-7,9,12-13,16-17,19-22H2,1-4H3. The summed E-state index contributed by atoms with van der Waals surface area (Å²) >= 11 is 0. The molecule has 3 aliphatic rings. The van der Waals surface area contributed by atoms with Crippen LogP contribution < -0.4 is 10.6 Å². The summed E-state index contributed by atoms with van der Waals surface area (Å²) in [4.78, 5) is 24.2. The van der Waals surface area contributed by atoms with E-state index in [1.165, 1.54) is 36.1 Å². The van der Waals surface area contributed by atoms with E-state index >= 15 is 0 Å². The first kappa shape index (κ1) is 27.2. The first-order valence-corrected chi connectivity index (χ1v) is 14.7. The van der Waals surface area contributed by atoms with Crippen LogP contribution in [-0.2, 0) is 4.84 Å². The number of hydrogen-bond donors (Lipinski definition) is 1. The number of fused-ring (bicyclic) bond motifs is 1. The minimum Gasteiger partial charge on any atom is -0.338 e. The summed E-state index contributed by atoms with van der Waals surface area (Å²) in [6, 6.07) is 12.8. The summed E-state index contributed by atoms with van der Waals surface area (Å²) in [7, 11) is 0. The van der Waals surface area contributed by atoms with E-state index < -0.39 is 0 Å². The molecule has 5 rings (SSSR count). The number of nitrogens with zero attached hydrogens (tertiary/aromatic N) is 3. The molecule has 3 fully saturated rings. The summed E-state index contributed by atoms with van der Waals surface area (Å²) in [6.45, 7) is 14.4. The lowest BCUT2D eigenvalue weighted by atomic mass is 9.98. The maximum absolute atomic E-state index is 13.3. The molecule has 6 nitrogen and oxygen atoms in total. The van der Waals surface area contributed by atoms with Crippen LogP contribution in [-0.4, -0.2) is 61.1 Å². The maximum Gasteiger partial charge on any atom is 0.254 e. The van der Waals surface area contributed by atoms with Gasteiger partial charge in [0.25, 0.3) is 5.91 Å². The van der Waals surface area contributed by atoms with Crippen LogP contribution in [0, 0.1) is 39.5 Å². The predicted octanol–water partition coefficient (Wildman–Crippen LogP) is 5.59. The van der Waals surface area contributed by atoms with Crippen LogP contribution in [0.4, 0.5) is 5.69 Å². The van der Waals surface area contributed by atoms with Crippen LogP contribution >= 0.6 is 0 Å². The Kier molecular flexibility index (Phi) is 8.71. The number of anilines is 1. The van der Waals surface area contributed by atoms with Gasteiger partial charge in [-0.2, -0.15) is 0 Å². The van der Waals surface area contributed by atoms with Crippen molar-refractivity contribution in [2.75, 3.05) is 44.3 Å². The molecule has 1 aliphatic carbocycles. The highest BCUT2D eigenvalue weighted by atomic mass is 16.7. The highest BCUT2D eigenvalue weighted by Gasteiger charge is 2.41. The summed E-state index contributed by atoms with van der Waals surface area (Å²) in [5, 5.41) is 2.20. The van der Waals surface area contributed by atoms with Crippen molar-refractivity contribution in [2.45, 2.75) is 72.3 Å². The quantitative estimate of drug-likeness (QED) is 0.439. The Morgan fingerprint density at radius 2 is 1.58 bits per heavy atom. The highest BCUT2D eigenvalue weighted by Crippen LogP contribution is 2.33. The van der Waals surface area contributed by atoms with Crippen LogP contribution in [0.2, 0.25) is 0 Å². The van der Waals surface area contributed by atoms with E-state index in [4.69, 9.17) is 4.84 Å². The molecule has 0 radical (unpaired) electrons. The van der Waals surface area contributed by atoms with Crippen LogP contribution in [0.1, 0.15) is 71.1 Å². The van der Waals surface area contributed by atoms with Crippen molar-refractivity contribution in [1.82, 2.24) is 15.4 Å². The number of nitrogens with one attached hydrogen (secondary N) is 1. The summed E-state index contributed by atoms with van der Waals surface area (Å²) in [6.07, 6.45) is 7.53. The molecule has 2 atom stereocenters. The Bertz CT molecular complexity index is 1080. The number of carbonyl (C=O) groups excluding carboxylic acids is 1. The molecule has 1 amide bonds. The van der Waals surface area contributed by atoms with E-state index in [1.807, 2.05) is 6.07 Å². The molecule has 1 saturated carbocycles. The molecule has 2 aromatic rings. The highest BCUT2D eigenvalue weighted by molar-refractivity contribution is 5.97. The zero-order valence-electron chi connectivity index (χ0n) is 23.8. The molecular formula is C32H46N4O2. The first-order chi connectivity index (χ1) is 18.4. The van der Waals surface area contributed by atoms with E-state index in [0.717, 1.165) is 75.2 Å². The first-order valence-electron chi connectivity index (χ1n) is 14.7. The van der Waals surface area contributed by atoms with Crippen molar-refractivity contribution in [3.8, 4) is 0 Å². The Hall–Kier alpha value is -2.41. The molecule has 2 heterocycles. The van der Waals surface area contributed by atoms with Crippen LogP contribution in [0.5, 0.6) is 0 Å². The third-order valence-electron chi connectivity index (χ3n) is 9.08. The lowest BCUT2D eigenvalue weighted by Gasteiger charge is -2.30. The van der Waals surface area contributed by atoms with Crippen molar-refractivity contribution in [3.63, 3.8) is 0 Å². The van der Waals surface area contributed by atoms with Crippen LogP contribution in [0.15, 0.2) is 36.4 Å². The largest absolute Gasteiger partial charge is 0.338 e. The van der Waals surface area contributed by atoms with Gasteiger partial charge in [0.05, 0.1) is 11.8 Å². The molecule has 0 spiro atoms. The lowest BCUT2D eigenvalue weighted by Crippen LogP contribution is -2.43. The second-order valence-electron chi connectivity index (χ2n) is 12.0. The second-order valence-corrected chi connectivity index (χ2v) is 12.0. The van der Waals surface area contributed by atoms with Crippen molar-refractivity contribution >= 4 is 11.6 Å². The average Bonchev–Trinajstić information content (AvgIpc) is 3.47. The van der Waals surface area contributed by atoms with Gasteiger partial charge in [0.1, 0.15) is 0 Å². The topological polar surface area (TPSA) is 48.0 Å². The molecule has 1 N–H and O–H groups in total. The lowest BCUT2D eigenvalue weighted by molar-refractivity contribution is -0.0472. The molecule has 38 heavy (non-hydrogen) atoms. The monoisotopic (exact) mass is 518 g/mol. The van der Waals surface area contributed by atoms with E-state index in [9.17, 15) is 4.79 Å². The number of likely N-dealkylation sites (tertiary alicyclic amines) is 2. The summed E-state index contributed by atoms with van der Waals surface area (Å²) < 4.78 is 0. The third kappa shape index (κ3) is 6.24. The molecular weight excluding hydrogens is 472 g/mol. The van der Waals surface area contributed by atoms with Crippen molar-refractivity contribution < 1.29 is 9.63 Å². The van der Waals surface area contributed by atoms with E-state index in [0.29, 0.717) is 17.9 Å². The van der Waals surface area contributed by atoms with Gasteiger partial charge in [0.15, 0.2) is 0 Å². The number of hydrogen-bond acceptors (Lipinski definition) is 5. The Labute approximate surface area is 229 Å². The van der Waals surface area contributed by atoms with E-state index in [2.05, 4.69) is 78.4 Å². The minimum absolute atomic E-state index is 0.217. The molecule has 0 bridgehead atoms. The Morgan fingerprint density at radius 3 is 2.24 bits per heavy atom. The SMILES string of the molecule is Cc1ccc(N(CCCN2CC3CN(C(=O)c4c(C)cccc4C)CC3C2)NOC2CCCCC2)cc1C. The van der Waals surface area contributed by atoms with E-state index in [1.54, 1.807) is 0 Å². The summed E-state index contributed by atoms with van der Waals surface area (Å²) in [5.74, 6) is 1.40. The zero-order chi connectivity index (χ0) is 26.6. The second kappa shape index (κ2) is 12.2. The molecule has 6 heteroatoms. The molecule has 2 saturated heterocycles. The zero-order valence-corrected chi connectivity index (χ0v) is 23.8.